The van der Waals surface area contributed by atoms with E-state index >= 15 is 0 Å². The quantitative estimate of drug-likeness (QED) is 0.661. The molecule has 0 aliphatic heterocycles. The Labute approximate surface area is 169 Å². The maximum Gasteiger partial charge on any atom is 0.344 e. The number of methoxy groups -OCH3 is 1. The Bertz CT molecular complexity index is 910. The van der Waals surface area contributed by atoms with E-state index in [1.807, 2.05) is 26.0 Å². The van der Waals surface area contributed by atoms with E-state index in [1.165, 1.54) is 14.0 Å². The van der Waals surface area contributed by atoms with E-state index < -0.39 is 18.5 Å². The molecule has 0 aliphatic carbocycles. The molecule has 0 saturated heterocycles. The van der Waals surface area contributed by atoms with Crippen molar-refractivity contribution in [3.05, 3.63) is 47.5 Å². The van der Waals surface area contributed by atoms with E-state index in [-0.39, 0.29) is 12.5 Å². The molecule has 0 aromatic heterocycles. The van der Waals surface area contributed by atoms with Crippen LogP contribution >= 0.6 is 0 Å². The molecule has 2 aromatic carbocycles. The number of esters is 1. The van der Waals surface area contributed by atoms with Crippen LogP contribution in [0.3, 0.4) is 0 Å². The molecule has 8 nitrogen and oxygen atoms in total. The zero-order valence-corrected chi connectivity index (χ0v) is 16.8. The summed E-state index contributed by atoms with van der Waals surface area (Å²) >= 11 is 0. The van der Waals surface area contributed by atoms with Crippen LogP contribution in [0.15, 0.2) is 36.4 Å². The van der Waals surface area contributed by atoms with Gasteiger partial charge in [-0.05, 0) is 55.3 Å². The third-order valence-corrected chi connectivity index (χ3v) is 3.99. The second kappa shape index (κ2) is 10.1. The van der Waals surface area contributed by atoms with Crippen LogP contribution in [0.1, 0.15) is 18.1 Å². The van der Waals surface area contributed by atoms with Gasteiger partial charge in [0, 0.05) is 12.6 Å². The van der Waals surface area contributed by atoms with Crippen LogP contribution < -0.4 is 20.1 Å². The van der Waals surface area contributed by atoms with Crippen molar-refractivity contribution in [2.75, 3.05) is 31.0 Å². The standard InChI is InChI=1S/C21H24N2O6/c1-13-5-7-17(9-14(13)2)28-12-21(26)29-11-20(25)23-18-10-16(22-15(3)24)6-8-19(18)27-4/h5-10H,11-12H2,1-4H3,(H,22,24)(H,23,25). The fraction of sp³-hybridized carbons (Fsp3) is 0.286. The zero-order chi connectivity index (χ0) is 21.4. The van der Waals surface area contributed by atoms with Crippen LogP contribution in [0.25, 0.3) is 0 Å². The van der Waals surface area contributed by atoms with Crippen molar-refractivity contribution in [1.29, 1.82) is 0 Å². The number of amides is 2. The first kappa shape index (κ1) is 21.7. The molecule has 0 radical (unpaired) electrons. The highest BCUT2D eigenvalue weighted by atomic mass is 16.6. The predicted octanol–water partition coefficient (Wildman–Crippen LogP) is 2.83. The third-order valence-electron chi connectivity index (χ3n) is 3.99. The minimum absolute atomic E-state index is 0.245. The monoisotopic (exact) mass is 400 g/mol. The maximum absolute atomic E-state index is 12.1. The van der Waals surface area contributed by atoms with Gasteiger partial charge in [-0.1, -0.05) is 6.07 Å². The highest BCUT2D eigenvalue weighted by Gasteiger charge is 2.12. The van der Waals surface area contributed by atoms with Crippen LogP contribution in [0.2, 0.25) is 0 Å². The Balaban J connectivity index is 1.86. The Hall–Kier alpha value is -3.55. The van der Waals surface area contributed by atoms with E-state index in [0.717, 1.165) is 11.1 Å². The molecule has 2 N–H and O–H groups in total. The lowest BCUT2D eigenvalue weighted by Crippen LogP contribution is -2.24. The molecular weight excluding hydrogens is 376 g/mol. The molecule has 2 rings (SSSR count). The minimum atomic E-state index is -0.669. The summed E-state index contributed by atoms with van der Waals surface area (Å²) in [7, 11) is 1.45. The number of rotatable bonds is 8. The first-order valence-electron chi connectivity index (χ1n) is 8.89. The van der Waals surface area contributed by atoms with Crippen molar-refractivity contribution in [1.82, 2.24) is 0 Å². The summed E-state index contributed by atoms with van der Waals surface area (Å²) in [5.74, 6) is -0.517. The predicted molar refractivity (Wildman–Crippen MR) is 108 cm³/mol. The Morgan fingerprint density at radius 3 is 2.34 bits per heavy atom. The van der Waals surface area contributed by atoms with E-state index in [0.29, 0.717) is 22.9 Å². The largest absolute Gasteiger partial charge is 0.495 e. The van der Waals surface area contributed by atoms with Gasteiger partial charge in [-0.15, -0.1) is 0 Å². The molecule has 0 fully saturated rings. The fourth-order valence-corrected chi connectivity index (χ4v) is 2.41. The molecular formula is C21H24N2O6. The molecule has 154 valence electrons. The number of anilines is 2. The van der Waals surface area contributed by atoms with Gasteiger partial charge in [0.05, 0.1) is 12.8 Å². The van der Waals surface area contributed by atoms with Gasteiger partial charge in [0.2, 0.25) is 5.91 Å². The van der Waals surface area contributed by atoms with Gasteiger partial charge in [0.25, 0.3) is 5.91 Å². The van der Waals surface area contributed by atoms with Gasteiger partial charge in [-0.3, -0.25) is 9.59 Å². The van der Waals surface area contributed by atoms with Crippen LogP contribution in [0.4, 0.5) is 11.4 Å². The number of benzene rings is 2. The average molecular weight is 400 g/mol. The highest BCUT2D eigenvalue weighted by molar-refractivity contribution is 5.96. The summed E-state index contributed by atoms with van der Waals surface area (Å²) in [6, 6.07) is 10.3. The first-order valence-corrected chi connectivity index (χ1v) is 8.89. The number of hydrogen-bond acceptors (Lipinski definition) is 6. The average Bonchev–Trinajstić information content (AvgIpc) is 2.67. The van der Waals surface area contributed by atoms with Crippen molar-refractivity contribution < 1.29 is 28.6 Å². The second-order valence-electron chi connectivity index (χ2n) is 6.34. The van der Waals surface area contributed by atoms with Gasteiger partial charge in [0.1, 0.15) is 11.5 Å². The van der Waals surface area contributed by atoms with Crippen molar-refractivity contribution in [3.8, 4) is 11.5 Å². The van der Waals surface area contributed by atoms with Crippen molar-refractivity contribution >= 4 is 29.2 Å². The summed E-state index contributed by atoms with van der Waals surface area (Å²) in [4.78, 5) is 35.1. The van der Waals surface area contributed by atoms with Crippen LogP contribution in [-0.4, -0.2) is 38.1 Å². The maximum atomic E-state index is 12.1. The fourth-order valence-electron chi connectivity index (χ4n) is 2.41. The number of hydrogen-bond donors (Lipinski definition) is 2. The van der Waals surface area contributed by atoms with Gasteiger partial charge in [-0.25, -0.2) is 4.79 Å². The highest BCUT2D eigenvalue weighted by Crippen LogP contribution is 2.27. The number of nitrogens with one attached hydrogen (secondary N) is 2. The van der Waals surface area contributed by atoms with Gasteiger partial charge in [0.15, 0.2) is 13.2 Å². The summed E-state index contributed by atoms with van der Waals surface area (Å²) in [5, 5.41) is 5.20. The minimum Gasteiger partial charge on any atom is -0.495 e. The topological polar surface area (TPSA) is 103 Å². The lowest BCUT2D eigenvalue weighted by molar-refractivity contribution is -0.149. The molecule has 8 heteroatoms. The number of ether oxygens (including phenoxy) is 3. The second-order valence-corrected chi connectivity index (χ2v) is 6.34. The molecule has 2 aromatic rings. The lowest BCUT2D eigenvalue weighted by atomic mass is 10.1. The van der Waals surface area contributed by atoms with Crippen molar-refractivity contribution in [2.45, 2.75) is 20.8 Å². The summed E-state index contributed by atoms with van der Waals surface area (Å²) in [5.41, 5.74) is 3.00. The molecule has 0 bridgehead atoms. The van der Waals surface area contributed by atoms with Crippen LogP contribution in [-0.2, 0) is 19.1 Å². The smallest absolute Gasteiger partial charge is 0.344 e. The molecule has 29 heavy (non-hydrogen) atoms. The first-order chi connectivity index (χ1) is 13.8. The van der Waals surface area contributed by atoms with Crippen molar-refractivity contribution in [3.63, 3.8) is 0 Å². The van der Waals surface area contributed by atoms with Crippen molar-refractivity contribution in [2.24, 2.45) is 0 Å². The molecule has 0 spiro atoms. The van der Waals surface area contributed by atoms with Crippen LogP contribution in [0, 0.1) is 13.8 Å². The number of carbonyl (C=O) groups is 3. The van der Waals surface area contributed by atoms with Gasteiger partial charge < -0.3 is 24.8 Å². The molecule has 2 amide bonds. The summed E-state index contributed by atoms with van der Waals surface area (Å²) in [6.07, 6.45) is 0. The van der Waals surface area contributed by atoms with Gasteiger partial charge in [-0.2, -0.15) is 0 Å². The number of aryl methyl sites for hydroxylation is 2. The molecule has 0 saturated carbocycles. The summed E-state index contributed by atoms with van der Waals surface area (Å²) < 4.78 is 15.5. The molecule has 0 unspecified atom stereocenters. The summed E-state index contributed by atoms with van der Waals surface area (Å²) in [6.45, 7) is 4.51. The van der Waals surface area contributed by atoms with E-state index in [4.69, 9.17) is 14.2 Å². The SMILES string of the molecule is COc1ccc(NC(C)=O)cc1NC(=O)COC(=O)COc1ccc(C)c(C)c1. The molecule has 0 aliphatic rings. The zero-order valence-electron chi connectivity index (χ0n) is 16.8. The van der Waals surface area contributed by atoms with Gasteiger partial charge >= 0.3 is 5.97 Å². The molecule has 0 heterocycles. The Morgan fingerprint density at radius 2 is 1.69 bits per heavy atom. The normalized spacial score (nSPS) is 10.1. The Morgan fingerprint density at radius 1 is 0.931 bits per heavy atom. The van der Waals surface area contributed by atoms with E-state index in [9.17, 15) is 14.4 Å². The third kappa shape index (κ3) is 6.84. The van der Waals surface area contributed by atoms with Crippen LogP contribution in [0.5, 0.6) is 11.5 Å². The van der Waals surface area contributed by atoms with E-state index in [2.05, 4.69) is 10.6 Å². The number of carbonyl (C=O) groups excluding carboxylic acids is 3. The lowest BCUT2D eigenvalue weighted by Gasteiger charge is -2.13. The Kier molecular flexibility index (Phi) is 7.59. The molecule has 0 atom stereocenters. The van der Waals surface area contributed by atoms with E-state index in [1.54, 1.807) is 24.3 Å².